The van der Waals surface area contributed by atoms with Gasteiger partial charge in [-0.1, -0.05) is 48.0 Å². The highest BCUT2D eigenvalue weighted by Gasteiger charge is 2.13. The van der Waals surface area contributed by atoms with Crippen LogP contribution < -0.4 is 5.32 Å². The van der Waals surface area contributed by atoms with Crippen molar-refractivity contribution in [1.82, 2.24) is 5.32 Å². The highest BCUT2D eigenvalue weighted by atomic mass is 35.5. The Hall–Kier alpha value is -2.06. The van der Waals surface area contributed by atoms with Crippen molar-refractivity contribution in [2.45, 2.75) is 38.6 Å². The van der Waals surface area contributed by atoms with Gasteiger partial charge in [-0.25, -0.2) is 0 Å². The minimum atomic E-state index is -0.111. The summed E-state index contributed by atoms with van der Waals surface area (Å²) in [5.41, 5.74) is 4.90. The third-order valence-corrected chi connectivity index (χ3v) is 4.90. The van der Waals surface area contributed by atoms with Crippen LogP contribution in [0.15, 0.2) is 48.5 Å². The fraction of sp³-hybridized carbons (Fsp3) is 0.286. The van der Waals surface area contributed by atoms with E-state index >= 15 is 0 Å². The Kier molecular flexibility index (Phi) is 5.37. The first-order valence-corrected chi connectivity index (χ1v) is 8.86. The van der Waals surface area contributed by atoms with Gasteiger partial charge in [0.05, 0.1) is 6.04 Å². The molecule has 1 unspecified atom stereocenters. The van der Waals surface area contributed by atoms with E-state index in [1.807, 2.05) is 31.2 Å². The maximum Gasteiger partial charge on any atom is 0.244 e. The average Bonchev–Trinajstić information content (AvgIpc) is 2.60. The van der Waals surface area contributed by atoms with Gasteiger partial charge in [0.15, 0.2) is 0 Å². The van der Waals surface area contributed by atoms with E-state index in [2.05, 4.69) is 23.5 Å². The molecular formula is C21H22ClNO. The molecule has 0 saturated heterocycles. The van der Waals surface area contributed by atoms with Crippen LogP contribution in [0.5, 0.6) is 0 Å². The zero-order valence-corrected chi connectivity index (χ0v) is 14.6. The van der Waals surface area contributed by atoms with E-state index in [0.29, 0.717) is 5.02 Å². The van der Waals surface area contributed by atoms with Gasteiger partial charge >= 0.3 is 0 Å². The van der Waals surface area contributed by atoms with Crippen molar-refractivity contribution in [1.29, 1.82) is 0 Å². The van der Waals surface area contributed by atoms with Gasteiger partial charge in [-0.3, -0.25) is 4.79 Å². The summed E-state index contributed by atoms with van der Waals surface area (Å²) >= 11 is 6.09. The number of amides is 1. The number of aryl methyl sites for hydroxylation is 2. The summed E-state index contributed by atoms with van der Waals surface area (Å²) in [5.74, 6) is -0.111. The quantitative estimate of drug-likeness (QED) is 0.770. The summed E-state index contributed by atoms with van der Waals surface area (Å²) in [6.07, 6.45) is 8.16. The van der Waals surface area contributed by atoms with Crippen LogP contribution in [0.2, 0.25) is 5.02 Å². The highest BCUT2D eigenvalue weighted by Crippen LogP contribution is 2.24. The number of carbonyl (C=O) groups is 1. The predicted octanol–water partition coefficient (Wildman–Crippen LogP) is 5.11. The second-order valence-electron chi connectivity index (χ2n) is 6.32. The third-order valence-electron chi connectivity index (χ3n) is 4.55. The van der Waals surface area contributed by atoms with Crippen LogP contribution in [0.1, 0.15) is 48.1 Å². The predicted molar refractivity (Wildman–Crippen MR) is 100 cm³/mol. The van der Waals surface area contributed by atoms with Crippen molar-refractivity contribution in [3.63, 3.8) is 0 Å². The lowest BCUT2D eigenvalue weighted by molar-refractivity contribution is -0.117. The molecule has 2 aromatic rings. The lowest BCUT2D eigenvalue weighted by Gasteiger charge is -2.19. The lowest BCUT2D eigenvalue weighted by atomic mass is 9.89. The van der Waals surface area contributed by atoms with Gasteiger partial charge in [-0.15, -0.1) is 0 Å². The van der Waals surface area contributed by atoms with Crippen molar-refractivity contribution in [2.24, 2.45) is 0 Å². The molecule has 0 spiro atoms. The maximum atomic E-state index is 12.2. The van der Waals surface area contributed by atoms with E-state index in [0.717, 1.165) is 17.5 Å². The smallest absolute Gasteiger partial charge is 0.244 e. The molecule has 0 bridgehead atoms. The van der Waals surface area contributed by atoms with Crippen molar-refractivity contribution in [3.05, 3.63) is 75.8 Å². The van der Waals surface area contributed by atoms with Crippen LogP contribution in [-0.2, 0) is 17.6 Å². The van der Waals surface area contributed by atoms with Gasteiger partial charge in [0.25, 0.3) is 0 Å². The Bertz CT molecular complexity index is 766. The maximum absolute atomic E-state index is 12.2. The van der Waals surface area contributed by atoms with Crippen LogP contribution in [0.25, 0.3) is 6.08 Å². The Morgan fingerprint density at radius 2 is 1.88 bits per heavy atom. The molecule has 0 aliphatic heterocycles. The zero-order chi connectivity index (χ0) is 16.9. The molecule has 1 aliphatic rings. The minimum absolute atomic E-state index is 0.0133. The van der Waals surface area contributed by atoms with Crippen LogP contribution >= 0.6 is 11.6 Å². The first-order valence-electron chi connectivity index (χ1n) is 8.48. The zero-order valence-electron chi connectivity index (χ0n) is 13.9. The van der Waals surface area contributed by atoms with Crippen LogP contribution in [0.3, 0.4) is 0 Å². The monoisotopic (exact) mass is 339 g/mol. The molecule has 1 N–H and O–H groups in total. The molecule has 3 rings (SSSR count). The van der Waals surface area contributed by atoms with E-state index in [1.165, 1.54) is 36.5 Å². The number of hydrogen-bond acceptors (Lipinski definition) is 1. The Morgan fingerprint density at radius 1 is 1.12 bits per heavy atom. The van der Waals surface area contributed by atoms with Crippen molar-refractivity contribution in [3.8, 4) is 0 Å². The van der Waals surface area contributed by atoms with Gasteiger partial charge in [0.1, 0.15) is 0 Å². The highest BCUT2D eigenvalue weighted by molar-refractivity contribution is 6.32. The number of hydrogen-bond donors (Lipinski definition) is 1. The molecular weight excluding hydrogens is 318 g/mol. The molecule has 1 amide bonds. The molecule has 24 heavy (non-hydrogen) atoms. The molecule has 0 saturated carbocycles. The van der Waals surface area contributed by atoms with Gasteiger partial charge in [-0.05, 0) is 67.0 Å². The van der Waals surface area contributed by atoms with Crippen molar-refractivity contribution in [2.75, 3.05) is 0 Å². The van der Waals surface area contributed by atoms with E-state index < -0.39 is 0 Å². The number of halogens is 1. The molecule has 0 heterocycles. The number of fused-ring (bicyclic) bond motifs is 1. The Morgan fingerprint density at radius 3 is 2.67 bits per heavy atom. The number of rotatable bonds is 4. The number of carbonyl (C=O) groups excluding carboxylic acids is 1. The third kappa shape index (κ3) is 4.07. The summed E-state index contributed by atoms with van der Waals surface area (Å²) in [6.45, 7) is 2.02. The fourth-order valence-electron chi connectivity index (χ4n) is 3.14. The molecule has 0 radical (unpaired) electrons. The fourth-order valence-corrected chi connectivity index (χ4v) is 3.34. The number of nitrogens with one attached hydrogen (secondary N) is 1. The van der Waals surface area contributed by atoms with E-state index in [-0.39, 0.29) is 11.9 Å². The summed E-state index contributed by atoms with van der Waals surface area (Å²) in [5, 5.41) is 3.67. The first-order chi connectivity index (χ1) is 11.6. The Labute approximate surface area is 148 Å². The molecule has 0 fully saturated rings. The van der Waals surface area contributed by atoms with Gasteiger partial charge in [0.2, 0.25) is 5.91 Å². The molecule has 3 heteroatoms. The summed E-state index contributed by atoms with van der Waals surface area (Å²) in [4.78, 5) is 12.2. The summed E-state index contributed by atoms with van der Waals surface area (Å²) in [7, 11) is 0. The molecule has 2 nitrogen and oxygen atoms in total. The van der Waals surface area contributed by atoms with E-state index in [9.17, 15) is 4.79 Å². The number of benzene rings is 2. The summed E-state index contributed by atoms with van der Waals surface area (Å²) in [6, 6.07) is 14.1. The van der Waals surface area contributed by atoms with Crippen molar-refractivity contribution < 1.29 is 4.79 Å². The second-order valence-corrected chi connectivity index (χ2v) is 6.73. The van der Waals surface area contributed by atoms with Gasteiger partial charge in [0, 0.05) is 11.1 Å². The largest absolute Gasteiger partial charge is 0.346 e. The summed E-state index contributed by atoms with van der Waals surface area (Å²) < 4.78 is 0. The molecule has 1 aliphatic carbocycles. The van der Waals surface area contributed by atoms with Crippen LogP contribution in [-0.4, -0.2) is 5.91 Å². The van der Waals surface area contributed by atoms with Crippen molar-refractivity contribution >= 4 is 23.6 Å². The van der Waals surface area contributed by atoms with E-state index in [1.54, 1.807) is 6.08 Å². The molecule has 124 valence electrons. The van der Waals surface area contributed by atoms with Gasteiger partial charge in [-0.2, -0.15) is 0 Å². The lowest BCUT2D eigenvalue weighted by Crippen LogP contribution is -2.24. The second kappa shape index (κ2) is 7.67. The van der Waals surface area contributed by atoms with Gasteiger partial charge < -0.3 is 5.32 Å². The van der Waals surface area contributed by atoms with Crippen LogP contribution in [0.4, 0.5) is 0 Å². The molecule has 0 aromatic heterocycles. The Balaban J connectivity index is 1.65. The first kappa shape index (κ1) is 16.8. The topological polar surface area (TPSA) is 29.1 Å². The standard InChI is InChI=1S/C21H22ClNO/c1-15(18-11-10-16-6-2-3-8-19(16)14-18)23-21(24)13-12-17-7-4-5-9-20(17)22/h4-5,7,9-15H,2-3,6,8H2,1H3,(H,23,24)/b13-12+. The molecule has 2 aromatic carbocycles. The average molecular weight is 340 g/mol. The normalized spacial score (nSPS) is 15.1. The molecule has 1 atom stereocenters. The SMILES string of the molecule is CC(NC(=O)/C=C/c1ccccc1Cl)c1ccc2c(c1)CCCC2. The van der Waals surface area contributed by atoms with Crippen LogP contribution in [0, 0.1) is 0 Å². The minimum Gasteiger partial charge on any atom is -0.346 e. The van der Waals surface area contributed by atoms with E-state index in [4.69, 9.17) is 11.6 Å².